The van der Waals surface area contributed by atoms with Gasteiger partial charge in [-0.15, -0.1) is 0 Å². The van der Waals surface area contributed by atoms with E-state index in [1.807, 2.05) is 24.3 Å². The van der Waals surface area contributed by atoms with Gasteiger partial charge < -0.3 is 14.6 Å². The lowest BCUT2D eigenvalue weighted by Crippen LogP contribution is -2.47. The van der Waals surface area contributed by atoms with Gasteiger partial charge in [-0.3, -0.25) is 4.79 Å². The average molecular weight is 374 g/mol. The molecule has 1 aromatic carbocycles. The van der Waals surface area contributed by atoms with Crippen LogP contribution >= 0.6 is 11.6 Å². The third kappa shape index (κ3) is 3.94. The molecule has 26 heavy (non-hydrogen) atoms. The quantitative estimate of drug-likeness (QED) is 0.868. The summed E-state index contributed by atoms with van der Waals surface area (Å²) in [6.45, 7) is 2.33. The third-order valence-electron chi connectivity index (χ3n) is 5.44. The first kappa shape index (κ1) is 17.6. The largest absolute Gasteiger partial charge is 0.441 e. The summed E-state index contributed by atoms with van der Waals surface area (Å²) in [6, 6.07) is 8.48. The molecule has 0 unspecified atom stereocenters. The van der Waals surface area contributed by atoms with Crippen LogP contribution < -0.4 is 5.32 Å². The lowest BCUT2D eigenvalue weighted by molar-refractivity contribution is -0.122. The van der Waals surface area contributed by atoms with E-state index in [4.69, 9.17) is 16.0 Å². The van der Waals surface area contributed by atoms with Crippen LogP contribution in [0.5, 0.6) is 0 Å². The Balaban J connectivity index is 1.28. The molecule has 2 aliphatic heterocycles. The van der Waals surface area contributed by atoms with Gasteiger partial charge in [0.05, 0.1) is 11.2 Å². The fourth-order valence-electron chi connectivity index (χ4n) is 4.09. The molecule has 2 atom stereocenters. The molecule has 1 N–H and O–H groups in total. The summed E-state index contributed by atoms with van der Waals surface area (Å²) in [5.74, 6) is 1.29. The second-order valence-electron chi connectivity index (χ2n) is 7.22. The molecule has 2 saturated heterocycles. The van der Waals surface area contributed by atoms with Crippen LogP contribution in [-0.4, -0.2) is 41.0 Å². The Morgan fingerprint density at radius 1 is 1.31 bits per heavy atom. The van der Waals surface area contributed by atoms with E-state index in [2.05, 4.69) is 15.2 Å². The smallest absolute Gasteiger partial charge is 0.220 e. The average Bonchev–Trinajstić information content (AvgIpc) is 3.29. The molecule has 6 heteroatoms. The molecular formula is C20H24ClN3O2. The summed E-state index contributed by atoms with van der Waals surface area (Å²) < 4.78 is 5.77. The van der Waals surface area contributed by atoms with Gasteiger partial charge in [0.15, 0.2) is 11.7 Å². The number of aromatic nitrogens is 1. The zero-order chi connectivity index (χ0) is 17.9. The number of oxazole rings is 1. The van der Waals surface area contributed by atoms with Crippen LogP contribution in [0.2, 0.25) is 5.02 Å². The Labute approximate surface area is 158 Å². The number of rotatable bonds is 5. The number of nitrogens with zero attached hydrogens (tertiary/aromatic N) is 2. The Bertz CT molecular complexity index is 776. The SMILES string of the molecule is O=C(CCc1ncc(-c2ccccc2Cl)o1)N[C@@H]1CCN2CCC[C@H]2C1. The van der Waals surface area contributed by atoms with E-state index in [9.17, 15) is 4.79 Å². The van der Waals surface area contributed by atoms with Gasteiger partial charge in [0.25, 0.3) is 0 Å². The summed E-state index contributed by atoms with van der Waals surface area (Å²) in [5.41, 5.74) is 0.820. The number of nitrogens with one attached hydrogen (secondary N) is 1. The van der Waals surface area contributed by atoms with Gasteiger partial charge in [0.2, 0.25) is 5.91 Å². The lowest BCUT2D eigenvalue weighted by Gasteiger charge is -2.35. The van der Waals surface area contributed by atoms with Crippen LogP contribution in [0.1, 0.15) is 38.0 Å². The topological polar surface area (TPSA) is 58.4 Å². The fraction of sp³-hybridized carbons (Fsp3) is 0.500. The van der Waals surface area contributed by atoms with Gasteiger partial charge in [-0.1, -0.05) is 23.7 Å². The number of aryl methyl sites for hydroxylation is 1. The summed E-state index contributed by atoms with van der Waals surface area (Å²) in [7, 11) is 0. The Hall–Kier alpha value is -1.85. The molecule has 0 spiro atoms. The first-order valence-electron chi connectivity index (χ1n) is 9.42. The van der Waals surface area contributed by atoms with Crippen LogP contribution in [0.3, 0.4) is 0 Å². The molecule has 1 aromatic heterocycles. The normalized spacial score (nSPS) is 23.0. The summed E-state index contributed by atoms with van der Waals surface area (Å²) >= 11 is 6.19. The maximum absolute atomic E-state index is 12.3. The van der Waals surface area contributed by atoms with E-state index < -0.39 is 0 Å². The predicted octanol–water partition coefficient (Wildman–Crippen LogP) is 3.67. The highest BCUT2D eigenvalue weighted by atomic mass is 35.5. The van der Waals surface area contributed by atoms with E-state index in [0.29, 0.717) is 41.6 Å². The van der Waals surface area contributed by atoms with Gasteiger partial charge in [-0.25, -0.2) is 4.98 Å². The highest BCUT2D eigenvalue weighted by Gasteiger charge is 2.32. The van der Waals surface area contributed by atoms with Crippen molar-refractivity contribution in [3.63, 3.8) is 0 Å². The van der Waals surface area contributed by atoms with Crippen LogP contribution in [0, 0.1) is 0 Å². The molecular weight excluding hydrogens is 350 g/mol. The third-order valence-corrected chi connectivity index (χ3v) is 5.77. The molecule has 0 saturated carbocycles. The van der Waals surface area contributed by atoms with Crippen LogP contribution in [0.4, 0.5) is 0 Å². The minimum atomic E-state index is 0.0824. The van der Waals surface area contributed by atoms with Gasteiger partial charge >= 0.3 is 0 Å². The number of fused-ring (bicyclic) bond motifs is 1. The summed E-state index contributed by atoms with van der Waals surface area (Å²) in [4.78, 5) is 19.1. The molecule has 0 bridgehead atoms. The molecule has 1 amide bonds. The fourth-order valence-corrected chi connectivity index (χ4v) is 4.32. The maximum Gasteiger partial charge on any atom is 0.220 e. The number of carbonyl (C=O) groups excluding carboxylic acids is 1. The number of halogens is 1. The van der Waals surface area contributed by atoms with E-state index in [1.54, 1.807) is 6.20 Å². The Kier molecular flexibility index (Phi) is 5.27. The number of carbonyl (C=O) groups is 1. The number of piperidine rings is 1. The van der Waals surface area contributed by atoms with E-state index in [-0.39, 0.29) is 5.91 Å². The van der Waals surface area contributed by atoms with Crippen molar-refractivity contribution in [2.24, 2.45) is 0 Å². The molecule has 138 valence electrons. The number of hydrogen-bond acceptors (Lipinski definition) is 4. The van der Waals surface area contributed by atoms with Crippen molar-refractivity contribution in [2.45, 2.75) is 50.6 Å². The standard InChI is InChI=1S/C20H24ClN3O2/c21-17-6-2-1-5-16(17)18-13-22-20(26-18)8-7-19(25)23-14-9-11-24-10-3-4-15(24)12-14/h1-2,5-6,13-15H,3-4,7-12H2,(H,23,25)/t14-,15+/m1/s1. The van der Waals surface area contributed by atoms with Gasteiger partial charge in [0, 0.05) is 37.0 Å². The lowest BCUT2D eigenvalue weighted by atomic mass is 9.97. The van der Waals surface area contributed by atoms with E-state index >= 15 is 0 Å². The van der Waals surface area contributed by atoms with Crippen molar-refractivity contribution < 1.29 is 9.21 Å². The molecule has 2 aliphatic rings. The molecule has 0 aliphatic carbocycles. The van der Waals surface area contributed by atoms with Crippen LogP contribution in [0.25, 0.3) is 11.3 Å². The van der Waals surface area contributed by atoms with Crippen molar-refractivity contribution in [1.82, 2.24) is 15.2 Å². The predicted molar refractivity (Wildman–Crippen MR) is 101 cm³/mol. The molecule has 4 rings (SSSR count). The van der Waals surface area contributed by atoms with Crippen molar-refractivity contribution >= 4 is 17.5 Å². The van der Waals surface area contributed by atoms with E-state index in [1.165, 1.54) is 19.4 Å². The zero-order valence-corrected chi connectivity index (χ0v) is 15.5. The Morgan fingerprint density at radius 3 is 3.08 bits per heavy atom. The number of amides is 1. The first-order chi connectivity index (χ1) is 12.7. The minimum absolute atomic E-state index is 0.0824. The van der Waals surface area contributed by atoms with Crippen molar-refractivity contribution in [3.05, 3.63) is 41.4 Å². The number of hydrogen-bond donors (Lipinski definition) is 1. The zero-order valence-electron chi connectivity index (χ0n) is 14.8. The second kappa shape index (κ2) is 7.80. The summed E-state index contributed by atoms with van der Waals surface area (Å²) in [6.07, 6.45) is 7.27. The molecule has 2 fully saturated rings. The van der Waals surface area contributed by atoms with Crippen LogP contribution in [0.15, 0.2) is 34.9 Å². The highest BCUT2D eigenvalue weighted by molar-refractivity contribution is 6.33. The Morgan fingerprint density at radius 2 is 2.19 bits per heavy atom. The van der Waals surface area contributed by atoms with Gasteiger partial charge in [-0.05, 0) is 44.4 Å². The molecule has 3 heterocycles. The van der Waals surface area contributed by atoms with Crippen molar-refractivity contribution in [2.75, 3.05) is 13.1 Å². The van der Waals surface area contributed by atoms with Crippen molar-refractivity contribution in [3.8, 4) is 11.3 Å². The van der Waals surface area contributed by atoms with Crippen LogP contribution in [-0.2, 0) is 11.2 Å². The second-order valence-corrected chi connectivity index (χ2v) is 7.63. The maximum atomic E-state index is 12.3. The molecule has 0 radical (unpaired) electrons. The molecule has 2 aromatic rings. The van der Waals surface area contributed by atoms with E-state index in [0.717, 1.165) is 24.9 Å². The monoisotopic (exact) mass is 373 g/mol. The molecule has 5 nitrogen and oxygen atoms in total. The minimum Gasteiger partial charge on any atom is -0.441 e. The van der Waals surface area contributed by atoms with Gasteiger partial charge in [-0.2, -0.15) is 0 Å². The first-order valence-corrected chi connectivity index (χ1v) is 9.80. The summed E-state index contributed by atoms with van der Waals surface area (Å²) in [5, 5.41) is 3.82. The van der Waals surface area contributed by atoms with Crippen molar-refractivity contribution in [1.29, 1.82) is 0 Å². The highest BCUT2D eigenvalue weighted by Crippen LogP contribution is 2.28. The number of benzene rings is 1. The van der Waals surface area contributed by atoms with Gasteiger partial charge in [0.1, 0.15) is 0 Å².